The molecule has 66 valence electrons. The van der Waals surface area contributed by atoms with E-state index in [1.165, 1.54) is 0 Å². The first-order valence-electron chi connectivity index (χ1n) is 3.98. The number of carbonyl (C=O) groups excluding carboxylic acids is 1. The molecule has 0 aromatic carbocycles. The van der Waals surface area contributed by atoms with E-state index >= 15 is 0 Å². The fraction of sp³-hybridized carbons (Fsp3) is 0.500. The van der Waals surface area contributed by atoms with Crippen molar-refractivity contribution in [2.75, 3.05) is 6.54 Å². The minimum absolute atomic E-state index is 0.0265. The number of hydrogen-bond donors (Lipinski definition) is 1. The molecule has 0 aliphatic heterocycles. The predicted octanol–water partition coefficient (Wildman–Crippen LogP) is 0.328. The largest absolute Gasteiger partial charge is 0.355 e. The average Bonchev–Trinajstić information content (AvgIpc) is 2.37. The van der Waals surface area contributed by atoms with Gasteiger partial charge in [0, 0.05) is 18.9 Å². The van der Waals surface area contributed by atoms with E-state index in [9.17, 15) is 4.79 Å². The van der Waals surface area contributed by atoms with Gasteiger partial charge in [-0.05, 0) is 13.8 Å². The number of hydrogen-bond acceptors (Lipinski definition) is 2. The SMILES string of the molecule is CCNC(=O)Cn1ccnc1C. The summed E-state index contributed by atoms with van der Waals surface area (Å²) in [6, 6.07) is 0. The van der Waals surface area contributed by atoms with Crippen molar-refractivity contribution in [3.63, 3.8) is 0 Å². The quantitative estimate of drug-likeness (QED) is 0.705. The third kappa shape index (κ3) is 2.08. The highest BCUT2D eigenvalue weighted by Gasteiger charge is 2.02. The lowest BCUT2D eigenvalue weighted by atomic mass is 10.5. The van der Waals surface area contributed by atoms with Crippen LogP contribution in [0.15, 0.2) is 12.4 Å². The molecular formula is C8H13N3O. The molecule has 1 N–H and O–H groups in total. The van der Waals surface area contributed by atoms with Crippen LogP contribution < -0.4 is 5.32 Å². The Hall–Kier alpha value is -1.32. The number of nitrogens with one attached hydrogen (secondary N) is 1. The molecule has 0 atom stereocenters. The van der Waals surface area contributed by atoms with Gasteiger partial charge in [-0.25, -0.2) is 4.98 Å². The van der Waals surface area contributed by atoms with Crippen molar-refractivity contribution >= 4 is 5.91 Å². The molecule has 0 unspecified atom stereocenters. The molecule has 0 aliphatic carbocycles. The van der Waals surface area contributed by atoms with Crippen LogP contribution in [0.1, 0.15) is 12.7 Å². The molecular weight excluding hydrogens is 154 g/mol. The van der Waals surface area contributed by atoms with Crippen LogP contribution >= 0.6 is 0 Å². The summed E-state index contributed by atoms with van der Waals surface area (Å²) in [4.78, 5) is 15.1. The molecule has 1 rings (SSSR count). The van der Waals surface area contributed by atoms with Crippen molar-refractivity contribution in [3.8, 4) is 0 Å². The smallest absolute Gasteiger partial charge is 0.239 e. The van der Waals surface area contributed by atoms with Gasteiger partial charge in [0.1, 0.15) is 12.4 Å². The number of likely N-dealkylation sites (N-methyl/N-ethyl adjacent to an activating group) is 1. The lowest BCUT2D eigenvalue weighted by Crippen LogP contribution is -2.27. The summed E-state index contributed by atoms with van der Waals surface area (Å²) in [5, 5.41) is 2.72. The van der Waals surface area contributed by atoms with E-state index in [1.807, 2.05) is 18.4 Å². The van der Waals surface area contributed by atoms with Crippen LogP contribution in [0, 0.1) is 6.92 Å². The van der Waals surface area contributed by atoms with E-state index < -0.39 is 0 Å². The van der Waals surface area contributed by atoms with Crippen LogP contribution in [0.4, 0.5) is 0 Å². The van der Waals surface area contributed by atoms with Gasteiger partial charge in [0.2, 0.25) is 5.91 Å². The van der Waals surface area contributed by atoms with Gasteiger partial charge in [0.15, 0.2) is 0 Å². The lowest BCUT2D eigenvalue weighted by Gasteiger charge is -2.03. The third-order valence-electron chi connectivity index (χ3n) is 1.61. The molecule has 4 nitrogen and oxygen atoms in total. The van der Waals surface area contributed by atoms with Crippen LogP contribution in [0.3, 0.4) is 0 Å². The Labute approximate surface area is 71.6 Å². The van der Waals surface area contributed by atoms with E-state index in [1.54, 1.807) is 12.4 Å². The van der Waals surface area contributed by atoms with E-state index in [4.69, 9.17) is 0 Å². The number of amides is 1. The summed E-state index contributed by atoms with van der Waals surface area (Å²) in [6.07, 6.45) is 3.49. The van der Waals surface area contributed by atoms with Crippen LogP contribution in [-0.2, 0) is 11.3 Å². The second-order valence-corrected chi connectivity index (χ2v) is 2.56. The first kappa shape index (κ1) is 8.77. The summed E-state index contributed by atoms with van der Waals surface area (Å²) in [7, 11) is 0. The molecule has 0 saturated carbocycles. The zero-order valence-electron chi connectivity index (χ0n) is 7.37. The Morgan fingerprint density at radius 3 is 3.00 bits per heavy atom. The molecule has 0 radical (unpaired) electrons. The van der Waals surface area contributed by atoms with Gasteiger partial charge in [-0.2, -0.15) is 0 Å². The maximum atomic E-state index is 11.1. The maximum Gasteiger partial charge on any atom is 0.239 e. The molecule has 1 aromatic rings. The van der Waals surface area contributed by atoms with Gasteiger partial charge in [-0.15, -0.1) is 0 Å². The van der Waals surface area contributed by atoms with Gasteiger partial charge < -0.3 is 9.88 Å². The second kappa shape index (κ2) is 3.90. The average molecular weight is 167 g/mol. The van der Waals surface area contributed by atoms with Crippen molar-refractivity contribution in [2.24, 2.45) is 0 Å². The normalized spacial score (nSPS) is 9.83. The molecule has 1 amide bonds. The minimum atomic E-state index is 0.0265. The monoisotopic (exact) mass is 167 g/mol. The second-order valence-electron chi connectivity index (χ2n) is 2.56. The summed E-state index contributed by atoms with van der Waals surface area (Å²) >= 11 is 0. The summed E-state index contributed by atoms with van der Waals surface area (Å²) in [6.45, 7) is 4.81. The van der Waals surface area contributed by atoms with Crippen molar-refractivity contribution in [2.45, 2.75) is 20.4 Å². The number of carbonyl (C=O) groups is 1. The highest BCUT2D eigenvalue weighted by molar-refractivity contribution is 5.75. The first-order valence-corrected chi connectivity index (χ1v) is 3.98. The zero-order chi connectivity index (χ0) is 8.97. The number of nitrogens with zero attached hydrogens (tertiary/aromatic N) is 2. The highest BCUT2D eigenvalue weighted by atomic mass is 16.1. The van der Waals surface area contributed by atoms with Crippen LogP contribution in [0.2, 0.25) is 0 Å². The number of rotatable bonds is 3. The Morgan fingerprint density at radius 1 is 1.75 bits per heavy atom. The molecule has 1 heterocycles. The molecule has 4 heteroatoms. The van der Waals surface area contributed by atoms with Crippen LogP contribution in [-0.4, -0.2) is 22.0 Å². The molecule has 0 spiro atoms. The van der Waals surface area contributed by atoms with E-state index in [2.05, 4.69) is 10.3 Å². The minimum Gasteiger partial charge on any atom is -0.355 e. The zero-order valence-corrected chi connectivity index (χ0v) is 7.37. The Kier molecular flexibility index (Phi) is 2.85. The van der Waals surface area contributed by atoms with Crippen molar-refractivity contribution in [3.05, 3.63) is 18.2 Å². The number of imidazole rings is 1. The molecule has 0 bridgehead atoms. The Balaban J connectivity index is 2.52. The van der Waals surface area contributed by atoms with Crippen molar-refractivity contribution in [1.29, 1.82) is 0 Å². The fourth-order valence-corrected chi connectivity index (χ4v) is 0.979. The number of aryl methyl sites for hydroxylation is 1. The molecule has 0 aliphatic rings. The van der Waals surface area contributed by atoms with E-state index in [0.29, 0.717) is 13.1 Å². The predicted molar refractivity (Wildman–Crippen MR) is 45.6 cm³/mol. The van der Waals surface area contributed by atoms with Gasteiger partial charge in [0.25, 0.3) is 0 Å². The molecule has 1 aromatic heterocycles. The summed E-state index contributed by atoms with van der Waals surface area (Å²) in [5.74, 6) is 0.889. The van der Waals surface area contributed by atoms with Crippen LogP contribution in [0.5, 0.6) is 0 Å². The van der Waals surface area contributed by atoms with E-state index in [0.717, 1.165) is 5.82 Å². The highest BCUT2D eigenvalue weighted by Crippen LogP contribution is 1.93. The Morgan fingerprint density at radius 2 is 2.50 bits per heavy atom. The maximum absolute atomic E-state index is 11.1. The fourth-order valence-electron chi connectivity index (χ4n) is 0.979. The van der Waals surface area contributed by atoms with Gasteiger partial charge in [-0.1, -0.05) is 0 Å². The first-order chi connectivity index (χ1) is 5.74. The third-order valence-corrected chi connectivity index (χ3v) is 1.61. The summed E-state index contributed by atoms with van der Waals surface area (Å²) in [5.41, 5.74) is 0. The molecule has 0 fully saturated rings. The van der Waals surface area contributed by atoms with Crippen molar-refractivity contribution < 1.29 is 4.79 Å². The van der Waals surface area contributed by atoms with Gasteiger partial charge >= 0.3 is 0 Å². The van der Waals surface area contributed by atoms with Crippen molar-refractivity contribution in [1.82, 2.24) is 14.9 Å². The van der Waals surface area contributed by atoms with Gasteiger partial charge in [-0.3, -0.25) is 4.79 Å². The number of aromatic nitrogens is 2. The summed E-state index contributed by atoms with van der Waals surface area (Å²) < 4.78 is 1.81. The molecule has 0 saturated heterocycles. The standard InChI is InChI=1S/C8H13N3O/c1-3-9-8(12)6-11-5-4-10-7(11)2/h4-5H,3,6H2,1-2H3,(H,9,12). The van der Waals surface area contributed by atoms with Crippen LogP contribution in [0.25, 0.3) is 0 Å². The topological polar surface area (TPSA) is 46.9 Å². The van der Waals surface area contributed by atoms with Gasteiger partial charge in [0.05, 0.1) is 0 Å². The Bertz CT molecular complexity index is 267. The lowest BCUT2D eigenvalue weighted by molar-refractivity contribution is -0.121. The van der Waals surface area contributed by atoms with E-state index in [-0.39, 0.29) is 5.91 Å². The molecule has 12 heavy (non-hydrogen) atoms.